The van der Waals surface area contributed by atoms with E-state index in [2.05, 4.69) is 10.2 Å². The van der Waals surface area contributed by atoms with Crippen LogP contribution in [0.15, 0.2) is 52.1 Å². The average Bonchev–Trinajstić information content (AvgIpc) is 3.05. The zero-order valence-electron chi connectivity index (χ0n) is 12.2. The number of nitrogens with two attached hydrogens (primary N) is 1. The van der Waals surface area contributed by atoms with Crippen molar-refractivity contribution < 1.29 is 9.21 Å². The molecule has 8 heteroatoms. The summed E-state index contributed by atoms with van der Waals surface area (Å²) in [4.78, 5) is 12.1. The number of carbonyl (C=O) groups is 1. The maximum atomic E-state index is 12.1. The number of nitrogens with zero attached hydrogens (tertiary/aromatic N) is 2. The summed E-state index contributed by atoms with van der Waals surface area (Å²) in [5, 5.41) is 9.03. The maximum Gasteiger partial charge on any atom is 0.277 e. The minimum atomic E-state index is -0.0470. The molecule has 0 bridgehead atoms. The molecule has 3 rings (SSSR count). The zero-order chi connectivity index (χ0) is 17.1. The quantitative estimate of drug-likeness (QED) is 0.396. The van der Waals surface area contributed by atoms with Gasteiger partial charge in [0.25, 0.3) is 5.22 Å². The number of nitrogen functional groups attached to an aromatic ring is 1. The van der Waals surface area contributed by atoms with E-state index in [-0.39, 0.29) is 11.5 Å². The van der Waals surface area contributed by atoms with Gasteiger partial charge in [0.15, 0.2) is 5.78 Å². The number of hydrogen-bond acceptors (Lipinski definition) is 6. The van der Waals surface area contributed by atoms with Crippen molar-refractivity contribution in [3.63, 3.8) is 0 Å². The summed E-state index contributed by atoms with van der Waals surface area (Å²) in [6.45, 7) is 0. The van der Waals surface area contributed by atoms with Crippen LogP contribution in [0.4, 0.5) is 5.69 Å². The second-order valence-electron chi connectivity index (χ2n) is 4.84. The normalized spacial score (nSPS) is 10.8. The van der Waals surface area contributed by atoms with E-state index in [1.165, 1.54) is 11.8 Å². The van der Waals surface area contributed by atoms with Crippen LogP contribution in [0.3, 0.4) is 0 Å². The van der Waals surface area contributed by atoms with Crippen LogP contribution in [0, 0.1) is 0 Å². The number of halogens is 2. The third kappa shape index (κ3) is 3.90. The van der Waals surface area contributed by atoms with Gasteiger partial charge in [-0.05, 0) is 42.5 Å². The second-order valence-corrected chi connectivity index (χ2v) is 6.58. The van der Waals surface area contributed by atoms with Crippen molar-refractivity contribution in [1.82, 2.24) is 10.2 Å². The predicted molar refractivity (Wildman–Crippen MR) is 95.7 cm³/mol. The smallest absolute Gasteiger partial charge is 0.277 e. The Morgan fingerprint density at radius 1 is 1.08 bits per heavy atom. The standard InChI is InChI=1S/C16H11Cl2N3O2S/c17-12-6-3-10(7-13(12)18)15-20-21-16(23-15)24-8-14(22)9-1-4-11(19)5-2-9/h1-7H,8,19H2. The van der Waals surface area contributed by atoms with Crippen LogP contribution >= 0.6 is 35.0 Å². The lowest BCUT2D eigenvalue weighted by Gasteiger charge is -2.00. The first-order valence-electron chi connectivity index (χ1n) is 6.83. The Labute approximate surface area is 152 Å². The molecule has 0 spiro atoms. The molecule has 0 atom stereocenters. The summed E-state index contributed by atoms with van der Waals surface area (Å²) < 4.78 is 5.54. The molecule has 3 aromatic rings. The highest BCUT2D eigenvalue weighted by molar-refractivity contribution is 7.99. The van der Waals surface area contributed by atoms with E-state index in [4.69, 9.17) is 33.4 Å². The molecule has 1 heterocycles. The molecule has 0 saturated carbocycles. The van der Waals surface area contributed by atoms with Gasteiger partial charge in [-0.3, -0.25) is 4.79 Å². The Balaban J connectivity index is 1.66. The molecule has 24 heavy (non-hydrogen) atoms. The van der Waals surface area contributed by atoms with E-state index in [9.17, 15) is 4.79 Å². The topological polar surface area (TPSA) is 82.0 Å². The number of benzene rings is 2. The number of rotatable bonds is 5. The lowest BCUT2D eigenvalue weighted by molar-refractivity contribution is 0.102. The molecule has 0 radical (unpaired) electrons. The van der Waals surface area contributed by atoms with Crippen molar-refractivity contribution in [1.29, 1.82) is 0 Å². The predicted octanol–water partition coefficient (Wildman–Crippen LogP) is 4.60. The van der Waals surface area contributed by atoms with Gasteiger partial charge in [0, 0.05) is 16.8 Å². The van der Waals surface area contributed by atoms with Crippen LogP contribution in [0.25, 0.3) is 11.5 Å². The van der Waals surface area contributed by atoms with Gasteiger partial charge < -0.3 is 10.2 Å². The second kappa shape index (κ2) is 7.25. The molecule has 5 nitrogen and oxygen atoms in total. The summed E-state index contributed by atoms with van der Waals surface area (Å²) in [6, 6.07) is 11.8. The van der Waals surface area contributed by atoms with Gasteiger partial charge >= 0.3 is 0 Å². The van der Waals surface area contributed by atoms with Crippen LogP contribution < -0.4 is 5.73 Å². The van der Waals surface area contributed by atoms with Crippen LogP contribution in [0.1, 0.15) is 10.4 Å². The molecular formula is C16H11Cl2N3O2S. The largest absolute Gasteiger partial charge is 0.411 e. The summed E-state index contributed by atoms with van der Waals surface area (Å²) in [7, 11) is 0. The third-order valence-electron chi connectivity index (χ3n) is 3.13. The third-order valence-corrected chi connectivity index (χ3v) is 4.69. The van der Waals surface area contributed by atoms with Crippen LogP contribution in [-0.4, -0.2) is 21.7 Å². The molecule has 0 unspecified atom stereocenters. The fraction of sp³-hybridized carbons (Fsp3) is 0.0625. The average molecular weight is 380 g/mol. The summed E-state index contributed by atoms with van der Waals surface area (Å²) in [5.74, 6) is 0.456. The highest BCUT2D eigenvalue weighted by Crippen LogP contribution is 2.29. The van der Waals surface area contributed by atoms with E-state index in [0.717, 1.165) is 0 Å². The lowest BCUT2D eigenvalue weighted by Crippen LogP contribution is -2.02. The summed E-state index contributed by atoms with van der Waals surface area (Å²) in [6.07, 6.45) is 0. The van der Waals surface area contributed by atoms with Crippen molar-refractivity contribution in [2.75, 3.05) is 11.5 Å². The molecule has 122 valence electrons. The van der Waals surface area contributed by atoms with E-state index < -0.39 is 0 Å². The van der Waals surface area contributed by atoms with Gasteiger partial charge in [0.2, 0.25) is 5.89 Å². The summed E-state index contributed by atoms with van der Waals surface area (Å²) in [5.41, 5.74) is 7.46. The van der Waals surface area contributed by atoms with Gasteiger partial charge in [-0.15, -0.1) is 10.2 Å². The van der Waals surface area contributed by atoms with E-state index >= 15 is 0 Å². The molecule has 0 aliphatic heterocycles. The highest BCUT2D eigenvalue weighted by Gasteiger charge is 2.13. The van der Waals surface area contributed by atoms with Crippen molar-refractivity contribution in [2.45, 2.75) is 5.22 Å². The monoisotopic (exact) mass is 379 g/mol. The van der Waals surface area contributed by atoms with Crippen LogP contribution in [-0.2, 0) is 0 Å². The minimum Gasteiger partial charge on any atom is -0.411 e. The van der Waals surface area contributed by atoms with E-state index in [1.54, 1.807) is 42.5 Å². The minimum absolute atomic E-state index is 0.0470. The van der Waals surface area contributed by atoms with Gasteiger partial charge in [0.1, 0.15) is 0 Å². The molecule has 0 aliphatic rings. The summed E-state index contributed by atoms with van der Waals surface area (Å²) >= 11 is 13.0. The first kappa shape index (κ1) is 16.8. The fourth-order valence-electron chi connectivity index (χ4n) is 1.89. The molecule has 2 aromatic carbocycles. The SMILES string of the molecule is Nc1ccc(C(=O)CSc2nnc(-c3ccc(Cl)c(Cl)c3)o2)cc1. The van der Waals surface area contributed by atoms with Gasteiger partial charge in [-0.25, -0.2) is 0 Å². The fourth-order valence-corrected chi connectivity index (χ4v) is 2.85. The Morgan fingerprint density at radius 2 is 1.83 bits per heavy atom. The number of thioether (sulfide) groups is 1. The van der Waals surface area contributed by atoms with Gasteiger partial charge in [0.05, 0.1) is 15.8 Å². The van der Waals surface area contributed by atoms with E-state index in [1.807, 2.05) is 0 Å². The molecule has 1 aromatic heterocycles. The first-order valence-corrected chi connectivity index (χ1v) is 8.57. The van der Waals surface area contributed by atoms with Crippen molar-refractivity contribution in [2.24, 2.45) is 0 Å². The lowest BCUT2D eigenvalue weighted by atomic mass is 10.1. The number of Topliss-reactive ketones (excluding diaryl/α,β-unsaturated/α-hetero) is 1. The van der Waals surface area contributed by atoms with Crippen molar-refractivity contribution in [3.8, 4) is 11.5 Å². The van der Waals surface area contributed by atoms with Gasteiger partial charge in [-0.1, -0.05) is 35.0 Å². The highest BCUT2D eigenvalue weighted by atomic mass is 35.5. The molecule has 0 saturated heterocycles. The number of ketones is 1. The Kier molecular flexibility index (Phi) is 5.08. The molecule has 0 aliphatic carbocycles. The number of carbonyl (C=O) groups excluding carboxylic acids is 1. The molecular weight excluding hydrogens is 369 g/mol. The first-order chi connectivity index (χ1) is 11.5. The maximum absolute atomic E-state index is 12.1. The molecule has 2 N–H and O–H groups in total. The Bertz CT molecular complexity index is 881. The molecule has 0 amide bonds. The Morgan fingerprint density at radius 3 is 2.54 bits per heavy atom. The zero-order valence-corrected chi connectivity index (χ0v) is 14.5. The van der Waals surface area contributed by atoms with Crippen molar-refractivity contribution >= 4 is 46.4 Å². The molecule has 0 fully saturated rings. The van der Waals surface area contributed by atoms with Crippen molar-refractivity contribution in [3.05, 3.63) is 58.1 Å². The van der Waals surface area contributed by atoms with Crippen LogP contribution in [0.2, 0.25) is 10.0 Å². The van der Waals surface area contributed by atoms with E-state index in [0.29, 0.717) is 38.0 Å². The Hall–Kier alpha value is -2.02. The number of anilines is 1. The number of hydrogen-bond donors (Lipinski definition) is 1. The van der Waals surface area contributed by atoms with Gasteiger partial charge in [-0.2, -0.15) is 0 Å². The number of aromatic nitrogens is 2. The van der Waals surface area contributed by atoms with Crippen LogP contribution in [0.5, 0.6) is 0 Å².